The SMILES string of the molecule is Cc1cc(C)n(-c2ccc(-c3noc([C@@H]4C[C@@H]4[N+](=O)[O-])n3)cn2)n1. The Hall–Kier alpha value is -3.10. The molecule has 1 saturated carbocycles. The molecule has 24 heavy (non-hydrogen) atoms. The molecule has 3 aromatic heterocycles. The zero-order valence-electron chi connectivity index (χ0n) is 13.1. The minimum absolute atomic E-state index is 0.275. The van der Waals surface area contributed by atoms with Gasteiger partial charge in [-0.1, -0.05) is 5.16 Å². The van der Waals surface area contributed by atoms with Crippen molar-refractivity contribution >= 4 is 0 Å². The molecule has 1 aliphatic rings. The fourth-order valence-corrected chi connectivity index (χ4v) is 2.69. The molecule has 0 bridgehead atoms. The van der Waals surface area contributed by atoms with E-state index in [1.165, 1.54) is 0 Å². The molecule has 0 aliphatic heterocycles. The maximum absolute atomic E-state index is 10.7. The average molecular weight is 326 g/mol. The topological polar surface area (TPSA) is 113 Å². The molecule has 0 unspecified atom stereocenters. The van der Waals surface area contributed by atoms with Crippen molar-refractivity contribution in [3.8, 4) is 17.2 Å². The second-order valence-corrected chi connectivity index (χ2v) is 5.90. The molecule has 1 fully saturated rings. The van der Waals surface area contributed by atoms with E-state index in [2.05, 4.69) is 20.2 Å². The molecule has 3 aromatic rings. The summed E-state index contributed by atoms with van der Waals surface area (Å²) in [5, 5.41) is 19.0. The van der Waals surface area contributed by atoms with Crippen LogP contribution in [0.25, 0.3) is 17.2 Å². The van der Waals surface area contributed by atoms with Crippen LogP contribution in [-0.2, 0) is 0 Å². The number of nitro groups is 1. The lowest BCUT2D eigenvalue weighted by Gasteiger charge is -2.03. The minimum atomic E-state index is -0.607. The molecule has 9 heteroatoms. The summed E-state index contributed by atoms with van der Waals surface area (Å²) in [6, 6.07) is 5.01. The maximum atomic E-state index is 10.7. The smallest absolute Gasteiger partial charge is 0.237 e. The molecular formula is C15H14N6O3. The van der Waals surface area contributed by atoms with Gasteiger partial charge in [-0.05, 0) is 32.0 Å². The largest absolute Gasteiger partial charge is 0.338 e. The van der Waals surface area contributed by atoms with Gasteiger partial charge in [0.1, 0.15) is 5.92 Å². The molecule has 4 rings (SSSR count). The molecule has 0 radical (unpaired) electrons. The maximum Gasteiger partial charge on any atom is 0.237 e. The van der Waals surface area contributed by atoms with Gasteiger partial charge in [0, 0.05) is 28.8 Å². The first-order valence-corrected chi connectivity index (χ1v) is 7.50. The van der Waals surface area contributed by atoms with Gasteiger partial charge in [0.25, 0.3) is 0 Å². The van der Waals surface area contributed by atoms with Crippen LogP contribution in [0.1, 0.15) is 29.6 Å². The average Bonchev–Trinajstić information content (AvgIpc) is 3.09. The van der Waals surface area contributed by atoms with Gasteiger partial charge in [-0.2, -0.15) is 10.1 Å². The fourth-order valence-electron chi connectivity index (χ4n) is 2.69. The first-order chi connectivity index (χ1) is 11.5. The van der Waals surface area contributed by atoms with E-state index in [1.54, 1.807) is 10.9 Å². The van der Waals surface area contributed by atoms with E-state index in [4.69, 9.17) is 4.52 Å². The van der Waals surface area contributed by atoms with Crippen molar-refractivity contribution in [1.82, 2.24) is 24.9 Å². The summed E-state index contributed by atoms with van der Waals surface area (Å²) in [6.07, 6.45) is 2.09. The molecule has 3 heterocycles. The summed E-state index contributed by atoms with van der Waals surface area (Å²) >= 11 is 0. The van der Waals surface area contributed by atoms with E-state index in [0.29, 0.717) is 29.5 Å². The summed E-state index contributed by atoms with van der Waals surface area (Å²) in [4.78, 5) is 19.1. The van der Waals surface area contributed by atoms with Crippen LogP contribution >= 0.6 is 0 Å². The third-order valence-electron chi connectivity index (χ3n) is 4.02. The normalized spacial score (nSPS) is 19.4. The summed E-state index contributed by atoms with van der Waals surface area (Å²) < 4.78 is 6.91. The highest BCUT2D eigenvalue weighted by Crippen LogP contribution is 2.42. The second kappa shape index (κ2) is 5.22. The molecule has 9 nitrogen and oxygen atoms in total. The molecule has 0 saturated heterocycles. The molecule has 0 amide bonds. The summed E-state index contributed by atoms with van der Waals surface area (Å²) in [6.45, 7) is 3.89. The third kappa shape index (κ3) is 2.43. The van der Waals surface area contributed by atoms with Gasteiger partial charge in [0.15, 0.2) is 5.82 Å². The van der Waals surface area contributed by atoms with Gasteiger partial charge >= 0.3 is 0 Å². The zero-order valence-corrected chi connectivity index (χ0v) is 13.1. The molecule has 0 N–H and O–H groups in total. The van der Waals surface area contributed by atoms with Crippen molar-refractivity contribution in [3.05, 3.63) is 51.8 Å². The third-order valence-corrected chi connectivity index (χ3v) is 4.02. The van der Waals surface area contributed by atoms with E-state index in [-0.39, 0.29) is 10.8 Å². The Morgan fingerprint density at radius 3 is 2.79 bits per heavy atom. The van der Waals surface area contributed by atoms with Gasteiger partial charge in [-0.15, -0.1) is 0 Å². The van der Waals surface area contributed by atoms with Crippen LogP contribution in [0, 0.1) is 24.0 Å². The molecule has 0 aromatic carbocycles. The number of aromatic nitrogens is 5. The molecule has 1 aliphatic carbocycles. The van der Waals surface area contributed by atoms with E-state index < -0.39 is 6.04 Å². The van der Waals surface area contributed by atoms with Crippen molar-refractivity contribution < 1.29 is 9.45 Å². The Morgan fingerprint density at radius 2 is 2.21 bits per heavy atom. The summed E-state index contributed by atoms with van der Waals surface area (Å²) in [5.74, 6) is 1.12. The monoisotopic (exact) mass is 326 g/mol. The highest BCUT2D eigenvalue weighted by molar-refractivity contribution is 5.54. The Balaban J connectivity index is 1.57. The number of hydrogen-bond acceptors (Lipinski definition) is 7. The first-order valence-electron chi connectivity index (χ1n) is 7.50. The van der Waals surface area contributed by atoms with Crippen molar-refractivity contribution in [3.63, 3.8) is 0 Å². The molecule has 122 valence electrons. The molecular weight excluding hydrogens is 312 g/mol. The van der Waals surface area contributed by atoms with E-state index in [1.807, 2.05) is 32.0 Å². The standard InChI is InChI=1S/C15H14N6O3/c1-8-5-9(2)20(18-8)13-4-3-10(7-16-13)14-17-15(24-19-14)11-6-12(11)21(22)23/h3-5,7,11-12H,6H2,1-2H3/t11-,12+/m1/s1. The molecule has 2 atom stereocenters. The van der Waals surface area contributed by atoms with Crippen molar-refractivity contribution in [2.24, 2.45) is 0 Å². The predicted octanol–water partition coefficient (Wildman–Crippen LogP) is 2.07. The Bertz CT molecular complexity index is 914. The Labute approximate surface area is 136 Å². The van der Waals surface area contributed by atoms with E-state index >= 15 is 0 Å². The lowest BCUT2D eigenvalue weighted by Crippen LogP contribution is -2.03. The number of aryl methyl sites for hydroxylation is 2. The predicted molar refractivity (Wildman–Crippen MR) is 82.3 cm³/mol. The van der Waals surface area contributed by atoms with Crippen LogP contribution in [0.3, 0.4) is 0 Å². The second-order valence-electron chi connectivity index (χ2n) is 5.90. The highest BCUT2D eigenvalue weighted by atomic mass is 16.6. The van der Waals surface area contributed by atoms with Crippen molar-refractivity contribution in [1.29, 1.82) is 0 Å². The van der Waals surface area contributed by atoms with E-state index in [0.717, 1.165) is 11.4 Å². The quantitative estimate of drug-likeness (QED) is 0.532. The Kier molecular flexibility index (Phi) is 3.15. The zero-order chi connectivity index (χ0) is 16.8. The number of rotatable bonds is 4. The van der Waals surface area contributed by atoms with Crippen molar-refractivity contribution in [2.45, 2.75) is 32.2 Å². The van der Waals surface area contributed by atoms with Gasteiger partial charge in [0.05, 0.1) is 5.69 Å². The van der Waals surface area contributed by atoms with Crippen LogP contribution in [0.5, 0.6) is 0 Å². The fraction of sp³-hybridized carbons (Fsp3) is 0.333. The first kappa shape index (κ1) is 14.5. The van der Waals surface area contributed by atoms with Gasteiger partial charge in [-0.3, -0.25) is 10.1 Å². The summed E-state index contributed by atoms with van der Waals surface area (Å²) in [5.41, 5.74) is 2.61. The number of pyridine rings is 1. The minimum Gasteiger partial charge on any atom is -0.338 e. The van der Waals surface area contributed by atoms with E-state index in [9.17, 15) is 10.1 Å². The Morgan fingerprint density at radius 1 is 1.38 bits per heavy atom. The van der Waals surface area contributed by atoms with Crippen LogP contribution in [-0.4, -0.2) is 35.9 Å². The number of hydrogen-bond donors (Lipinski definition) is 0. The lowest BCUT2D eigenvalue weighted by atomic mass is 10.2. The van der Waals surface area contributed by atoms with Crippen LogP contribution < -0.4 is 0 Å². The summed E-state index contributed by atoms with van der Waals surface area (Å²) in [7, 11) is 0. The van der Waals surface area contributed by atoms with Gasteiger partial charge < -0.3 is 4.52 Å². The lowest BCUT2D eigenvalue weighted by molar-refractivity contribution is -0.496. The van der Waals surface area contributed by atoms with Crippen LogP contribution in [0.15, 0.2) is 28.9 Å². The van der Waals surface area contributed by atoms with Gasteiger partial charge in [-0.25, -0.2) is 9.67 Å². The van der Waals surface area contributed by atoms with Crippen LogP contribution in [0.4, 0.5) is 0 Å². The number of nitrogens with zero attached hydrogens (tertiary/aromatic N) is 6. The highest BCUT2D eigenvalue weighted by Gasteiger charge is 2.53. The van der Waals surface area contributed by atoms with Gasteiger partial charge in [0.2, 0.25) is 17.8 Å². The molecule has 0 spiro atoms. The van der Waals surface area contributed by atoms with Crippen molar-refractivity contribution in [2.75, 3.05) is 0 Å². The van der Waals surface area contributed by atoms with Crippen LogP contribution in [0.2, 0.25) is 0 Å².